The van der Waals surface area contributed by atoms with Crippen molar-refractivity contribution in [3.63, 3.8) is 0 Å². The van der Waals surface area contributed by atoms with Gasteiger partial charge in [0.05, 0.1) is 5.69 Å². The number of hydrogen-bond acceptors (Lipinski definition) is 8. The summed E-state index contributed by atoms with van der Waals surface area (Å²) in [6, 6.07) is 11.4. The van der Waals surface area contributed by atoms with Gasteiger partial charge in [-0.3, -0.25) is 4.79 Å². The number of pyridine rings is 1. The third-order valence-corrected chi connectivity index (χ3v) is 5.90. The van der Waals surface area contributed by atoms with E-state index >= 15 is 0 Å². The molecule has 0 radical (unpaired) electrons. The Morgan fingerprint density at radius 1 is 1.22 bits per heavy atom. The number of nitrogens with zero attached hydrogens (tertiary/aromatic N) is 4. The van der Waals surface area contributed by atoms with E-state index in [9.17, 15) is 9.00 Å². The van der Waals surface area contributed by atoms with Gasteiger partial charge in [0, 0.05) is 62.1 Å². The molecule has 10 heteroatoms. The molecule has 0 saturated carbocycles. The number of anilines is 2. The van der Waals surface area contributed by atoms with Crippen molar-refractivity contribution in [2.75, 3.05) is 43.5 Å². The lowest BCUT2D eigenvalue weighted by Gasteiger charge is -2.36. The average Bonchev–Trinajstić information content (AvgIpc) is 3.22. The molecule has 1 aliphatic rings. The van der Waals surface area contributed by atoms with Crippen molar-refractivity contribution in [1.29, 1.82) is 0 Å². The minimum Gasteiger partial charge on any atom is -0.441 e. The van der Waals surface area contributed by atoms with Crippen molar-refractivity contribution in [3.8, 4) is 0 Å². The van der Waals surface area contributed by atoms with Gasteiger partial charge in [-0.25, -0.2) is 4.98 Å². The van der Waals surface area contributed by atoms with Crippen LogP contribution in [0.3, 0.4) is 0 Å². The van der Waals surface area contributed by atoms with Crippen LogP contribution in [0, 0.1) is 0 Å². The Morgan fingerprint density at radius 2 is 2.00 bits per heavy atom. The molecule has 3 heterocycles. The first kappa shape index (κ1) is 22.1. The van der Waals surface area contributed by atoms with E-state index in [1.165, 1.54) is 7.11 Å². The first-order chi connectivity index (χ1) is 15.4. The van der Waals surface area contributed by atoms with Crippen LogP contribution in [0.15, 0.2) is 47.0 Å². The number of amides is 1. The zero-order valence-corrected chi connectivity index (χ0v) is 19.2. The smallest absolute Gasteiger partial charge is 0.270 e. The van der Waals surface area contributed by atoms with E-state index in [4.69, 9.17) is 0 Å². The second kappa shape index (κ2) is 9.58. The first-order valence-corrected chi connectivity index (χ1v) is 11.5. The number of aromatic amines is 1. The summed E-state index contributed by atoms with van der Waals surface area (Å²) in [5.41, 5.74) is 2.89. The lowest BCUT2D eigenvalue weighted by atomic mass is 10.2. The van der Waals surface area contributed by atoms with Crippen molar-refractivity contribution >= 4 is 44.9 Å². The van der Waals surface area contributed by atoms with Crippen molar-refractivity contribution in [1.82, 2.24) is 14.9 Å². The molecule has 0 unspecified atom stereocenters. The van der Waals surface area contributed by atoms with Crippen LogP contribution >= 0.6 is 0 Å². The van der Waals surface area contributed by atoms with Crippen molar-refractivity contribution in [3.05, 3.63) is 48.3 Å². The predicted molar refractivity (Wildman–Crippen MR) is 127 cm³/mol. The van der Waals surface area contributed by atoms with Crippen molar-refractivity contribution < 1.29 is 13.2 Å². The summed E-state index contributed by atoms with van der Waals surface area (Å²) in [7, 11) is -0.392. The Hall–Kier alpha value is -3.11. The maximum absolute atomic E-state index is 13.1. The second-order valence-corrected chi connectivity index (χ2v) is 8.83. The van der Waals surface area contributed by atoms with E-state index in [0.717, 1.165) is 22.4 Å². The number of H-pyrrole nitrogens is 1. The number of benzene rings is 1. The third kappa shape index (κ3) is 4.86. The minimum atomic E-state index is -1.73. The average molecular weight is 456 g/mol. The molecule has 0 aliphatic carbocycles. The Balaban J connectivity index is 1.46. The molecule has 1 saturated heterocycles. The fourth-order valence-corrected chi connectivity index (χ4v) is 4.14. The van der Waals surface area contributed by atoms with Crippen LogP contribution in [0.1, 0.15) is 24.3 Å². The summed E-state index contributed by atoms with van der Waals surface area (Å²) >= 11 is 0. The Kier molecular flexibility index (Phi) is 6.61. The fourth-order valence-electron chi connectivity index (χ4n) is 3.78. The van der Waals surface area contributed by atoms with Crippen molar-refractivity contribution in [2.24, 2.45) is 4.36 Å². The molecule has 3 aromatic rings. The molecule has 1 amide bonds. The van der Waals surface area contributed by atoms with Gasteiger partial charge in [-0.05, 0) is 50.2 Å². The van der Waals surface area contributed by atoms with Gasteiger partial charge in [0.1, 0.15) is 5.69 Å². The highest BCUT2D eigenvalue weighted by Gasteiger charge is 2.25. The molecule has 0 atom stereocenters. The van der Waals surface area contributed by atoms with Crippen LogP contribution in [0.2, 0.25) is 0 Å². The summed E-state index contributed by atoms with van der Waals surface area (Å²) in [5.74, 6) is 0.880. The largest absolute Gasteiger partial charge is 0.441 e. The lowest BCUT2D eigenvalue weighted by Crippen LogP contribution is -2.49. The standard InChI is InChI=1S/C22H27N6O3S/c1-15(2)24-19-5-4-8-23-21(19)27-9-11-28(12-10-27)22(29)20-14-16-13-17(26-32(30)31-3)6-7-18(16)25-20/h4-8,13-15,24-25H,9-12H2,1-3H3/q-1. The van der Waals surface area contributed by atoms with Crippen LogP contribution in [0.25, 0.3) is 10.9 Å². The van der Waals surface area contributed by atoms with Crippen LogP contribution in [0.4, 0.5) is 17.2 Å². The highest BCUT2D eigenvalue weighted by atomic mass is 32.2. The molecule has 9 nitrogen and oxygen atoms in total. The Bertz CT molecular complexity index is 1190. The van der Waals surface area contributed by atoms with Gasteiger partial charge in [0.15, 0.2) is 5.82 Å². The van der Waals surface area contributed by atoms with Gasteiger partial charge in [-0.1, -0.05) is 10.9 Å². The van der Waals surface area contributed by atoms with Crippen LogP contribution < -0.4 is 10.2 Å². The maximum Gasteiger partial charge on any atom is 0.270 e. The van der Waals surface area contributed by atoms with Gasteiger partial charge in [-0.15, -0.1) is 0 Å². The van der Waals surface area contributed by atoms with Crippen LogP contribution in [0.5, 0.6) is 0 Å². The maximum atomic E-state index is 13.1. The number of hydrogen-bond donors (Lipinski definition) is 2. The van der Waals surface area contributed by atoms with Gasteiger partial charge >= 0.3 is 0 Å². The fraction of sp³-hybridized carbons (Fsp3) is 0.364. The molecule has 170 valence electrons. The zero-order valence-electron chi connectivity index (χ0n) is 18.4. The lowest BCUT2D eigenvalue weighted by molar-refractivity contribution is 0.0741. The van der Waals surface area contributed by atoms with Gasteiger partial charge in [-0.2, -0.15) is 0 Å². The van der Waals surface area contributed by atoms with E-state index in [-0.39, 0.29) is 5.91 Å². The molecule has 1 fully saturated rings. The Labute approximate surface area is 189 Å². The van der Waals surface area contributed by atoms with E-state index in [2.05, 4.69) is 42.6 Å². The molecular formula is C22H27N6O3S-. The zero-order chi connectivity index (χ0) is 22.7. The molecule has 1 aliphatic heterocycles. The molecular weight excluding hydrogens is 428 g/mol. The minimum absolute atomic E-state index is 0.0404. The molecule has 2 N–H and O–H groups in total. The van der Waals surface area contributed by atoms with Gasteiger partial charge in [0.2, 0.25) is 0 Å². The number of fused-ring (bicyclic) bond motifs is 1. The topological polar surface area (TPSA) is 103 Å². The highest BCUT2D eigenvalue weighted by molar-refractivity contribution is 7.69. The molecule has 1 aromatic carbocycles. The van der Waals surface area contributed by atoms with E-state index in [1.807, 2.05) is 29.2 Å². The SMILES string of the molecule is CO[S-](=O)=Nc1ccc2[nH]c(C(=O)N3CCN(c4ncccc4NC(C)C)CC3)cc2c1. The van der Waals surface area contributed by atoms with Crippen LogP contribution in [-0.2, 0) is 19.3 Å². The molecule has 2 aromatic heterocycles. The number of carbonyl (C=O) groups is 1. The highest BCUT2D eigenvalue weighted by Crippen LogP contribution is 2.26. The number of piperazine rings is 1. The summed E-state index contributed by atoms with van der Waals surface area (Å²) in [4.78, 5) is 24.9. The molecule has 0 spiro atoms. The molecule has 32 heavy (non-hydrogen) atoms. The molecule has 4 rings (SSSR count). The number of aromatic nitrogens is 2. The number of rotatable bonds is 6. The monoisotopic (exact) mass is 455 g/mol. The Morgan fingerprint density at radius 3 is 2.72 bits per heavy atom. The van der Waals surface area contributed by atoms with Crippen molar-refractivity contribution in [2.45, 2.75) is 19.9 Å². The quantitative estimate of drug-likeness (QED) is 0.550. The van der Waals surface area contributed by atoms with E-state index in [0.29, 0.717) is 43.6 Å². The van der Waals surface area contributed by atoms with E-state index < -0.39 is 10.9 Å². The van der Waals surface area contributed by atoms with Gasteiger partial charge in [0.25, 0.3) is 5.91 Å². The second-order valence-electron chi connectivity index (χ2n) is 7.88. The van der Waals surface area contributed by atoms with E-state index in [1.54, 1.807) is 18.3 Å². The molecule has 0 bridgehead atoms. The third-order valence-electron chi connectivity index (χ3n) is 5.25. The number of carbonyl (C=O) groups excluding carboxylic acids is 1. The van der Waals surface area contributed by atoms with Crippen LogP contribution in [-0.4, -0.2) is 60.1 Å². The van der Waals surface area contributed by atoms with Gasteiger partial charge < -0.3 is 32.9 Å². The first-order valence-electron chi connectivity index (χ1n) is 10.5. The predicted octanol–water partition coefficient (Wildman–Crippen LogP) is 3.69. The summed E-state index contributed by atoms with van der Waals surface area (Å²) in [6.07, 6.45) is 1.80. The summed E-state index contributed by atoms with van der Waals surface area (Å²) < 4.78 is 20.1. The summed E-state index contributed by atoms with van der Waals surface area (Å²) in [6.45, 7) is 6.84. The normalized spacial score (nSPS) is 15.5. The summed E-state index contributed by atoms with van der Waals surface area (Å²) in [5, 5.41) is 4.27. The number of nitrogens with one attached hydrogen (secondary N) is 2.